The first-order chi connectivity index (χ1) is 10.9. The SMILES string of the molecule is CS(=O)(=O)c1ccccc1Nc1cc(NC(=O)C2CC2)ncn1. The van der Waals surface area contributed by atoms with Gasteiger partial charge < -0.3 is 10.6 Å². The van der Waals surface area contributed by atoms with E-state index in [2.05, 4.69) is 20.6 Å². The molecular formula is C15H16N4O3S. The van der Waals surface area contributed by atoms with Crippen LogP contribution in [0.15, 0.2) is 41.6 Å². The molecule has 2 aromatic rings. The lowest BCUT2D eigenvalue weighted by Gasteiger charge is -2.11. The Morgan fingerprint density at radius 3 is 2.57 bits per heavy atom. The van der Waals surface area contributed by atoms with Crippen LogP contribution in [0.2, 0.25) is 0 Å². The number of para-hydroxylation sites is 1. The van der Waals surface area contributed by atoms with Gasteiger partial charge in [0.2, 0.25) is 5.91 Å². The molecule has 0 unspecified atom stereocenters. The van der Waals surface area contributed by atoms with Crippen LogP contribution < -0.4 is 10.6 Å². The molecule has 0 atom stereocenters. The molecule has 1 aliphatic carbocycles. The maximum atomic E-state index is 11.8. The quantitative estimate of drug-likeness (QED) is 0.868. The molecule has 0 bridgehead atoms. The lowest BCUT2D eigenvalue weighted by Crippen LogP contribution is -2.14. The van der Waals surface area contributed by atoms with Crippen molar-refractivity contribution in [1.82, 2.24) is 9.97 Å². The largest absolute Gasteiger partial charge is 0.339 e. The number of amides is 1. The number of sulfone groups is 1. The average molecular weight is 332 g/mol. The van der Waals surface area contributed by atoms with Crippen molar-refractivity contribution in [2.24, 2.45) is 5.92 Å². The van der Waals surface area contributed by atoms with Crippen LogP contribution in [0.3, 0.4) is 0 Å². The first-order valence-corrected chi connectivity index (χ1v) is 9.01. The maximum Gasteiger partial charge on any atom is 0.228 e. The van der Waals surface area contributed by atoms with E-state index in [1.54, 1.807) is 24.3 Å². The summed E-state index contributed by atoms with van der Waals surface area (Å²) in [6, 6.07) is 8.13. The van der Waals surface area contributed by atoms with Crippen LogP contribution in [-0.4, -0.2) is 30.5 Å². The van der Waals surface area contributed by atoms with Gasteiger partial charge in [-0.15, -0.1) is 0 Å². The fraction of sp³-hybridized carbons (Fsp3) is 0.267. The summed E-state index contributed by atoms with van der Waals surface area (Å²) >= 11 is 0. The van der Waals surface area contributed by atoms with Crippen molar-refractivity contribution in [3.63, 3.8) is 0 Å². The van der Waals surface area contributed by atoms with Gasteiger partial charge in [0.05, 0.1) is 10.6 Å². The third-order valence-electron chi connectivity index (χ3n) is 3.42. The van der Waals surface area contributed by atoms with Crippen LogP contribution in [0.1, 0.15) is 12.8 Å². The van der Waals surface area contributed by atoms with Gasteiger partial charge in [-0.2, -0.15) is 0 Å². The van der Waals surface area contributed by atoms with Gasteiger partial charge in [0, 0.05) is 18.2 Å². The van der Waals surface area contributed by atoms with Crippen LogP contribution in [0, 0.1) is 5.92 Å². The number of carbonyl (C=O) groups excluding carboxylic acids is 1. The third-order valence-corrected chi connectivity index (χ3v) is 4.57. The Labute approximate surface area is 134 Å². The van der Waals surface area contributed by atoms with E-state index in [-0.39, 0.29) is 16.7 Å². The highest BCUT2D eigenvalue weighted by Gasteiger charge is 2.29. The molecule has 7 nitrogen and oxygen atoms in total. The number of nitrogens with zero attached hydrogens (tertiary/aromatic N) is 2. The molecule has 1 fully saturated rings. The van der Waals surface area contributed by atoms with Crippen molar-refractivity contribution >= 4 is 33.1 Å². The fourth-order valence-electron chi connectivity index (χ4n) is 2.10. The Morgan fingerprint density at radius 2 is 1.87 bits per heavy atom. The van der Waals surface area contributed by atoms with Gasteiger partial charge in [-0.05, 0) is 25.0 Å². The predicted molar refractivity (Wildman–Crippen MR) is 86.2 cm³/mol. The van der Waals surface area contributed by atoms with Crippen LogP contribution >= 0.6 is 0 Å². The van der Waals surface area contributed by atoms with Gasteiger partial charge >= 0.3 is 0 Å². The molecule has 1 aliphatic rings. The summed E-state index contributed by atoms with van der Waals surface area (Å²) in [4.78, 5) is 20.0. The van der Waals surface area contributed by atoms with Crippen LogP contribution in [0.5, 0.6) is 0 Å². The molecular weight excluding hydrogens is 316 g/mol. The molecule has 0 saturated heterocycles. The summed E-state index contributed by atoms with van der Waals surface area (Å²) in [6.07, 6.45) is 4.27. The molecule has 0 aliphatic heterocycles. The van der Waals surface area contributed by atoms with E-state index in [4.69, 9.17) is 0 Å². The Hall–Kier alpha value is -2.48. The minimum absolute atomic E-state index is 0.0498. The number of aromatic nitrogens is 2. The van der Waals surface area contributed by atoms with Crippen molar-refractivity contribution in [3.05, 3.63) is 36.7 Å². The van der Waals surface area contributed by atoms with Crippen LogP contribution in [-0.2, 0) is 14.6 Å². The lowest BCUT2D eigenvalue weighted by molar-refractivity contribution is -0.117. The second-order valence-electron chi connectivity index (χ2n) is 5.45. The molecule has 0 radical (unpaired) electrons. The van der Waals surface area contributed by atoms with Gasteiger partial charge in [0.1, 0.15) is 18.0 Å². The van der Waals surface area contributed by atoms with Gasteiger partial charge in [-0.25, -0.2) is 18.4 Å². The molecule has 2 N–H and O–H groups in total. The van der Waals surface area contributed by atoms with E-state index in [0.29, 0.717) is 17.3 Å². The average Bonchev–Trinajstić information content (AvgIpc) is 3.31. The zero-order valence-electron chi connectivity index (χ0n) is 12.5. The minimum Gasteiger partial charge on any atom is -0.339 e. The van der Waals surface area contributed by atoms with E-state index in [9.17, 15) is 13.2 Å². The van der Waals surface area contributed by atoms with Crippen LogP contribution in [0.25, 0.3) is 0 Å². The van der Waals surface area contributed by atoms with Gasteiger partial charge in [-0.3, -0.25) is 4.79 Å². The molecule has 3 rings (SSSR count). The molecule has 120 valence electrons. The summed E-state index contributed by atoms with van der Waals surface area (Å²) in [5, 5.41) is 5.68. The number of nitrogens with one attached hydrogen (secondary N) is 2. The van der Waals surface area contributed by atoms with Gasteiger partial charge in [0.25, 0.3) is 0 Å². The van der Waals surface area contributed by atoms with Crippen molar-refractivity contribution < 1.29 is 13.2 Å². The van der Waals surface area contributed by atoms with Crippen molar-refractivity contribution in [2.45, 2.75) is 17.7 Å². The Balaban J connectivity index is 1.82. The Bertz CT molecular complexity index is 847. The summed E-state index contributed by atoms with van der Waals surface area (Å²) in [5.74, 6) is 0.817. The summed E-state index contributed by atoms with van der Waals surface area (Å²) in [6.45, 7) is 0. The Kier molecular flexibility index (Phi) is 3.99. The van der Waals surface area contributed by atoms with E-state index in [1.807, 2.05) is 0 Å². The number of hydrogen-bond donors (Lipinski definition) is 2. The van der Waals surface area contributed by atoms with Crippen molar-refractivity contribution in [1.29, 1.82) is 0 Å². The zero-order chi connectivity index (χ0) is 16.4. The second-order valence-corrected chi connectivity index (χ2v) is 7.43. The second kappa shape index (κ2) is 5.96. The fourth-order valence-corrected chi connectivity index (χ4v) is 2.94. The minimum atomic E-state index is -3.36. The van der Waals surface area contributed by atoms with E-state index in [1.165, 1.54) is 12.4 Å². The van der Waals surface area contributed by atoms with E-state index >= 15 is 0 Å². The summed E-state index contributed by atoms with van der Waals surface area (Å²) in [5.41, 5.74) is 0.424. The number of benzene rings is 1. The smallest absolute Gasteiger partial charge is 0.228 e. The number of anilines is 3. The first kappa shape index (κ1) is 15.4. The normalized spacial score (nSPS) is 14.3. The molecule has 23 heavy (non-hydrogen) atoms. The Morgan fingerprint density at radius 1 is 1.17 bits per heavy atom. The van der Waals surface area contributed by atoms with Crippen molar-refractivity contribution in [3.8, 4) is 0 Å². The van der Waals surface area contributed by atoms with E-state index in [0.717, 1.165) is 19.1 Å². The lowest BCUT2D eigenvalue weighted by atomic mass is 10.3. The number of rotatable bonds is 5. The standard InChI is InChI=1S/C15H16N4O3S/c1-23(21,22)12-5-3-2-4-11(12)18-13-8-14(17-9-16-13)19-15(20)10-6-7-10/h2-5,8-10H,6-7H2,1H3,(H2,16,17,18,19,20). The summed E-state index contributed by atoms with van der Waals surface area (Å²) in [7, 11) is -3.36. The predicted octanol–water partition coefficient (Wildman–Crippen LogP) is 1.97. The van der Waals surface area contributed by atoms with Crippen molar-refractivity contribution in [2.75, 3.05) is 16.9 Å². The topological polar surface area (TPSA) is 101 Å². The highest BCUT2D eigenvalue weighted by molar-refractivity contribution is 7.90. The highest BCUT2D eigenvalue weighted by atomic mass is 32.2. The molecule has 1 heterocycles. The number of hydrogen-bond acceptors (Lipinski definition) is 6. The highest BCUT2D eigenvalue weighted by Crippen LogP contribution is 2.30. The van der Waals surface area contributed by atoms with Gasteiger partial charge in [0.15, 0.2) is 9.84 Å². The summed E-state index contributed by atoms with van der Waals surface area (Å²) < 4.78 is 23.6. The molecule has 8 heteroatoms. The molecule has 1 amide bonds. The first-order valence-electron chi connectivity index (χ1n) is 7.12. The van der Waals surface area contributed by atoms with Crippen LogP contribution in [0.4, 0.5) is 17.3 Å². The zero-order valence-corrected chi connectivity index (χ0v) is 13.3. The molecule has 1 aromatic carbocycles. The maximum absolute atomic E-state index is 11.8. The molecule has 0 spiro atoms. The van der Waals surface area contributed by atoms with Gasteiger partial charge in [-0.1, -0.05) is 12.1 Å². The van der Waals surface area contributed by atoms with E-state index < -0.39 is 9.84 Å². The number of carbonyl (C=O) groups is 1. The molecule has 1 saturated carbocycles. The monoisotopic (exact) mass is 332 g/mol. The molecule has 1 aromatic heterocycles. The third kappa shape index (κ3) is 3.84.